The van der Waals surface area contributed by atoms with Crippen LogP contribution in [0.2, 0.25) is 0 Å². The maximum atomic E-state index is 11.4. The zero-order valence-electron chi connectivity index (χ0n) is 22.4. The number of hydrogen-bond donors (Lipinski definition) is 2. The molecule has 2 saturated carbocycles. The third-order valence-electron chi connectivity index (χ3n) is 9.07. The Morgan fingerprint density at radius 1 is 0.812 bits per heavy atom. The number of rotatable bonds is 9. The number of fused-ring (bicyclic) bond motifs is 1. The van der Waals surface area contributed by atoms with Gasteiger partial charge in [-0.3, -0.25) is 0 Å². The average molecular weight is 445 g/mol. The van der Waals surface area contributed by atoms with E-state index in [1.165, 1.54) is 16.7 Å². The minimum Gasteiger partial charge on any atom is -0.393 e. The lowest BCUT2D eigenvalue weighted by molar-refractivity contribution is -0.195. The number of aliphatic hydroxyl groups excluding tert-OH is 1. The summed E-state index contributed by atoms with van der Waals surface area (Å²) in [7, 11) is 0. The molecule has 0 aliphatic heterocycles. The summed E-state index contributed by atoms with van der Waals surface area (Å²) in [5.74, 6) is 0.773. The zero-order chi connectivity index (χ0) is 24.2. The number of allylic oxidation sites excluding steroid dienone is 6. The Morgan fingerprint density at radius 3 is 1.97 bits per heavy atom. The van der Waals surface area contributed by atoms with Crippen LogP contribution in [0.15, 0.2) is 34.9 Å². The van der Waals surface area contributed by atoms with Gasteiger partial charge in [0.2, 0.25) is 0 Å². The molecule has 0 heterocycles. The van der Waals surface area contributed by atoms with E-state index < -0.39 is 5.60 Å². The molecular weight excluding hydrogens is 392 g/mol. The van der Waals surface area contributed by atoms with Crippen molar-refractivity contribution in [2.75, 3.05) is 0 Å². The molecule has 2 fully saturated rings. The average Bonchev–Trinajstić information content (AvgIpc) is 2.67. The Labute approximate surface area is 199 Å². The highest BCUT2D eigenvalue weighted by Crippen LogP contribution is 2.62. The first-order chi connectivity index (χ1) is 14.8. The van der Waals surface area contributed by atoms with Crippen molar-refractivity contribution in [1.29, 1.82) is 0 Å². The van der Waals surface area contributed by atoms with Crippen molar-refractivity contribution in [3.8, 4) is 0 Å². The Hall–Kier alpha value is -0.860. The summed E-state index contributed by atoms with van der Waals surface area (Å²) in [6, 6.07) is 0. The number of hydrogen-bond acceptors (Lipinski definition) is 2. The monoisotopic (exact) mass is 444 g/mol. The van der Waals surface area contributed by atoms with Crippen LogP contribution >= 0.6 is 0 Å². The van der Waals surface area contributed by atoms with Crippen LogP contribution in [0.1, 0.15) is 120 Å². The van der Waals surface area contributed by atoms with Gasteiger partial charge in [0.05, 0.1) is 11.7 Å². The third kappa shape index (κ3) is 6.60. The summed E-state index contributed by atoms with van der Waals surface area (Å²) in [4.78, 5) is 0. The van der Waals surface area contributed by atoms with E-state index in [4.69, 9.17) is 0 Å². The molecule has 0 saturated heterocycles. The number of aliphatic hydroxyl groups is 2. The molecule has 2 heteroatoms. The Kier molecular flexibility index (Phi) is 9.45. The predicted molar refractivity (Wildman–Crippen MR) is 139 cm³/mol. The molecule has 2 rings (SSSR count). The van der Waals surface area contributed by atoms with Gasteiger partial charge < -0.3 is 10.2 Å². The van der Waals surface area contributed by atoms with Crippen molar-refractivity contribution >= 4 is 0 Å². The Bertz CT molecular complexity index is 704. The maximum absolute atomic E-state index is 11.4. The van der Waals surface area contributed by atoms with Gasteiger partial charge in [-0.05, 0) is 121 Å². The van der Waals surface area contributed by atoms with E-state index in [0.717, 1.165) is 64.2 Å². The van der Waals surface area contributed by atoms with Crippen LogP contribution in [0.3, 0.4) is 0 Å². The molecule has 2 aliphatic rings. The smallest absolute Gasteiger partial charge is 0.0653 e. The minimum absolute atomic E-state index is 0.0662. The molecule has 0 aromatic carbocycles. The standard InChI is InChI=1S/C30H52O2/c1-22(2)12-9-13-23(3)14-10-15-24(4)16-11-17-26-29(7)20-19-27(31)28(5,6)25(29)18-21-30(26,8)32/h12,14,16,25-27,31-32H,9-11,13,15,17-21H2,1-8H3/b23-14+,24-16+/t25-,26+,27-,29-,30+/m0/s1. The minimum atomic E-state index is -0.601. The molecule has 0 spiro atoms. The second-order valence-corrected chi connectivity index (χ2v) is 12.4. The topological polar surface area (TPSA) is 40.5 Å². The van der Waals surface area contributed by atoms with E-state index in [2.05, 4.69) is 73.6 Å². The summed E-state index contributed by atoms with van der Waals surface area (Å²) in [6.07, 6.45) is 17.3. The van der Waals surface area contributed by atoms with Crippen LogP contribution in [0, 0.1) is 22.7 Å². The zero-order valence-corrected chi connectivity index (χ0v) is 22.4. The molecule has 2 nitrogen and oxygen atoms in total. The molecule has 0 radical (unpaired) electrons. The van der Waals surface area contributed by atoms with Crippen LogP contribution in [0.4, 0.5) is 0 Å². The summed E-state index contributed by atoms with van der Waals surface area (Å²) >= 11 is 0. The molecule has 5 atom stereocenters. The van der Waals surface area contributed by atoms with E-state index in [1.807, 2.05) is 0 Å². The molecule has 0 amide bonds. The first kappa shape index (κ1) is 27.4. The van der Waals surface area contributed by atoms with Crippen molar-refractivity contribution in [1.82, 2.24) is 0 Å². The molecular formula is C30H52O2. The van der Waals surface area contributed by atoms with E-state index in [0.29, 0.717) is 11.8 Å². The maximum Gasteiger partial charge on any atom is 0.0653 e. The first-order valence-electron chi connectivity index (χ1n) is 13.2. The molecule has 2 aliphatic carbocycles. The van der Waals surface area contributed by atoms with Crippen LogP contribution in [0.5, 0.6) is 0 Å². The first-order valence-corrected chi connectivity index (χ1v) is 13.2. The molecule has 2 N–H and O–H groups in total. The molecule has 0 aromatic heterocycles. The summed E-state index contributed by atoms with van der Waals surface area (Å²) in [5, 5.41) is 22.0. The van der Waals surface area contributed by atoms with Crippen molar-refractivity contribution in [3.05, 3.63) is 34.9 Å². The molecule has 184 valence electrons. The van der Waals surface area contributed by atoms with Crippen molar-refractivity contribution in [2.45, 2.75) is 131 Å². The normalized spacial score (nSPS) is 35.4. The van der Waals surface area contributed by atoms with Crippen LogP contribution in [-0.2, 0) is 0 Å². The predicted octanol–water partition coefficient (Wildman–Crippen LogP) is 8.15. The van der Waals surface area contributed by atoms with Gasteiger partial charge in [0.15, 0.2) is 0 Å². The molecule has 32 heavy (non-hydrogen) atoms. The molecule has 0 aromatic rings. The van der Waals surface area contributed by atoms with Crippen molar-refractivity contribution in [3.63, 3.8) is 0 Å². The Morgan fingerprint density at radius 2 is 1.38 bits per heavy atom. The fourth-order valence-corrected chi connectivity index (χ4v) is 6.99. The largest absolute Gasteiger partial charge is 0.393 e. The lowest BCUT2D eigenvalue weighted by Crippen LogP contribution is -2.60. The SMILES string of the molecule is CC(C)=CCC/C(C)=C/CC/C(C)=C/CC[C@@H]1[C@@]2(C)CC[C@H](O)C(C)(C)[C@@H]2CC[C@@]1(C)O. The van der Waals surface area contributed by atoms with Gasteiger partial charge in [-0.15, -0.1) is 0 Å². The summed E-state index contributed by atoms with van der Waals surface area (Å²) < 4.78 is 0. The highest BCUT2D eigenvalue weighted by atomic mass is 16.3. The second-order valence-electron chi connectivity index (χ2n) is 12.4. The van der Waals surface area contributed by atoms with Crippen LogP contribution < -0.4 is 0 Å². The lowest BCUT2D eigenvalue weighted by Gasteiger charge is -2.62. The van der Waals surface area contributed by atoms with Crippen molar-refractivity contribution < 1.29 is 10.2 Å². The van der Waals surface area contributed by atoms with Crippen LogP contribution in [-0.4, -0.2) is 21.9 Å². The van der Waals surface area contributed by atoms with E-state index >= 15 is 0 Å². The van der Waals surface area contributed by atoms with E-state index in [9.17, 15) is 10.2 Å². The van der Waals surface area contributed by atoms with Gasteiger partial charge in [0.25, 0.3) is 0 Å². The van der Waals surface area contributed by atoms with Gasteiger partial charge in [0.1, 0.15) is 0 Å². The third-order valence-corrected chi connectivity index (χ3v) is 9.07. The highest BCUT2D eigenvalue weighted by molar-refractivity contribution is 5.10. The van der Waals surface area contributed by atoms with Gasteiger partial charge in [-0.2, -0.15) is 0 Å². The molecule has 0 bridgehead atoms. The Balaban J connectivity index is 1.94. The molecule has 0 unspecified atom stereocenters. The summed E-state index contributed by atoms with van der Waals surface area (Å²) in [6.45, 7) is 17.8. The lowest BCUT2D eigenvalue weighted by atomic mass is 9.44. The van der Waals surface area contributed by atoms with Crippen LogP contribution in [0.25, 0.3) is 0 Å². The second kappa shape index (κ2) is 11.0. The van der Waals surface area contributed by atoms with Gasteiger partial charge in [-0.25, -0.2) is 0 Å². The van der Waals surface area contributed by atoms with E-state index in [-0.39, 0.29) is 16.9 Å². The fraction of sp³-hybridized carbons (Fsp3) is 0.800. The van der Waals surface area contributed by atoms with Gasteiger partial charge >= 0.3 is 0 Å². The summed E-state index contributed by atoms with van der Waals surface area (Å²) in [5.41, 5.74) is 3.81. The fourth-order valence-electron chi connectivity index (χ4n) is 6.99. The van der Waals surface area contributed by atoms with Gasteiger partial charge in [-0.1, -0.05) is 55.7 Å². The highest BCUT2D eigenvalue weighted by Gasteiger charge is 2.59. The quantitative estimate of drug-likeness (QED) is 0.352. The van der Waals surface area contributed by atoms with Crippen molar-refractivity contribution in [2.24, 2.45) is 22.7 Å². The van der Waals surface area contributed by atoms with Gasteiger partial charge in [0, 0.05) is 0 Å². The van der Waals surface area contributed by atoms with E-state index in [1.54, 1.807) is 0 Å².